The van der Waals surface area contributed by atoms with Crippen LogP contribution in [0.15, 0.2) is 72.8 Å². The van der Waals surface area contributed by atoms with E-state index < -0.39 is 5.41 Å². The van der Waals surface area contributed by atoms with E-state index in [1.807, 2.05) is 24.3 Å². The van der Waals surface area contributed by atoms with E-state index >= 15 is 0 Å². The van der Waals surface area contributed by atoms with Crippen LogP contribution in [-0.2, 0) is 14.9 Å². The highest BCUT2D eigenvalue weighted by Crippen LogP contribution is 2.59. The quantitative estimate of drug-likeness (QED) is 0.189. The van der Waals surface area contributed by atoms with Crippen molar-refractivity contribution in [1.82, 2.24) is 0 Å². The van der Waals surface area contributed by atoms with E-state index in [0.29, 0.717) is 31.1 Å². The molecule has 1 saturated carbocycles. The van der Waals surface area contributed by atoms with Crippen molar-refractivity contribution in [2.45, 2.75) is 42.8 Å². The number of phenolic OH excluding ortho intramolecular Hbond substituents is 3. The second-order valence-corrected chi connectivity index (χ2v) is 11.8. The summed E-state index contributed by atoms with van der Waals surface area (Å²) in [5, 5.41) is 34.0. The van der Waals surface area contributed by atoms with Gasteiger partial charge in [0.2, 0.25) is 5.75 Å². The third kappa shape index (κ3) is 4.02. The van der Waals surface area contributed by atoms with Crippen LogP contribution in [0.25, 0.3) is 11.1 Å². The molecule has 2 aliphatic carbocycles. The molecule has 7 nitrogen and oxygen atoms in total. The van der Waals surface area contributed by atoms with Crippen LogP contribution in [-0.4, -0.2) is 54.0 Å². The summed E-state index contributed by atoms with van der Waals surface area (Å²) < 4.78 is 22.5. The van der Waals surface area contributed by atoms with Gasteiger partial charge in [0.05, 0.1) is 18.6 Å². The third-order valence-electron chi connectivity index (χ3n) is 9.14. The van der Waals surface area contributed by atoms with E-state index in [4.69, 9.17) is 18.9 Å². The number of benzene rings is 4. The lowest BCUT2D eigenvalue weighted by Crippen LogP contribution is -2.29. The monoisotopic (exact) mass is 564 g/mol. The van der Waals surface area contributed by atoms with Gasteiger partial charge in [-0.3, -0.25) is 0 Å². The largest absolute Gasteiger partial charge is 0.504 e. The molecule has 0 aromatic heterocycles. The van der Waals surface area contributed by atoms with Gasteiger partial charge in [0.25, 0.3) is 0 Å². The van der Waals surface area contributed by atoms with Gasteiger partial charge < -0.3 is 34.3 Å². The fourth-order valence-electron chi connectivity index (χ4n) is 6.70. The molecule has 2 saturated heterocycles. The van der Waals surface area contributed by atoms with Crippen LogP contribution in [0.2, 0.25) is 0 Å². The van der Waals surface area contributed by atoms with E-state index in [2.05, 4.69) is 30.3 Å². The van der Waals surface area contributed by atoms with Crippen LogP contribution in [0.5, 0.6) is 28.7 Å². The van der Waals surface area contributed by atoms with Gasteiger partial charge in [0.15, 0.2) is 23.0 Å². The highest BCUT2D eigenvalue weighted by atomic mass is 16.6. The van der Waals surface area contributed by atoms with Crippen LogP contribution >= 0.6 is 0 Å². The number of ether oxygens (including phenoxy) is 4. The fourth-order valence-corrected chi connectivity index (χ4v) is 6.70. The van der Waals surface area contributed by atoms with Crippen molar-refractivity contribution in [1.29, 1.82) is 0 Å². The number of phenols is 3. The van der Waals surface area contributed by atoms with Crippen LogP contribution in [0.3, 0.4) is 0 Å². The standard InChI is InChI=1S/C35H32O7/c36-30-13-21(12-27(20-6-5-7-20)33(30)41-18-23-16-39-23)35(22-14-31(37)34(32(38)15-22)42-19-24-17-40-24)28-10-3-1-8-25(28)26-9-2-4-11-29(26)35/h1-4,8-15,20,23-24,36-38H,5-7,16-19H2. The highest BCUT2D eigenvalue weighted by molar-refractivity contribution is 5.87. The number of hydrogen-bond acceptors (Lipinski definition) is 7. The zero-order chi connectivity index (χ0) is 28.4. The summed E-state index contributed by atoms with van der Waals surface area (Å²) in [7, 11) is 0. The Morgan fingerprint density at radius 3 is 1.64 bits per heavy atom. The summed E-state index contributed by atoms with van der Waals surface area (Å²) in [5.41, 5.74) is 5.69. The molecule has 2 heterocycles. The van der Waals surface area contributed by atoms with Gasteiger partial charge >= 0.3 is 0 Å². The van der Waals surface area contributed by atoms with Gasteiger partial charge in [0.1, 0.15) is 25.4 Å². The molecule has 4 aliphatic rings. The summed E-state index contributed by atoms with van der Waals surface area (Å²) in [5.74, 6) is 0.601. The third-order valence-corrected chi connectivity index (χ3v) is 9.14. The molecule has 8 rings (SSSR count). The first-order valence-electron chi connectivity index (χ1n) is 14.7. The predicted molar refractivity (Wildman–Crippen MR) is 156 cm³/mol. The van der Waals surface area contributed by atoms with E-state index in [9.17, 15) is 15.3 Å². The van der Waals surface area contributed by atoms with E-state index in [-0.39, 0.29) is 47.7 Å². The number of epoxide rings is 2. The molecular weight excluding hydrogens is 532 g/mol. The summed E-state index contributed by atoms with van der Waals surface area (Å²) in [6.45, 7) is 1.94. The lowest BCUT2D eigenvalue weighted by molar-refractivity contribution is 0.244. The summed E-state index contributed by atoms with van der Waals surface area (Å²) in [6, 6.07) is 23.7. The van der Waals surface area contributed by atoms with E-state index in [1.54, 1.807) is 18.2 Å². The second kappa shape index (κ2) is 9.68. The molecule has 0 spiro atoms. The molecule has 3 fully saturated rings. The van der Waals surface area contributed by atoms with Crippen LogP contribution < -0.4 is 9.47 Å². The van der Waals surface area contributed by atoms with E-state index in [1.165, 1.54) is 0 Å². The Bertz CT molecular complexity index is 1610. The molecule has 0 bridgehead atoms. The zero-order valence-corrected chi connectivity index (χ0v) is 23.1. The SMILES string of the molecule is Oc1cc(C2(c3cc(O)c(OCC4CO4)c(C4CCC4)c3)c3ccccc3-c3ccccc32)cc(O)c1OCC1CO1. The van der Waals surface area contributed by atoms with Crippen molar-refractivity contribution in [3.8, 4) is 39.9 Å². The molecule has 3 N–H and O–H groups in total. The van der Waals surface area contributed by atoms with Crippen LogP contribution in [0.1, 0.15) is 53.0 Å². The van der Waals surface area contributed by atoms with Crippen molar-refractivity contribution in [2.24, 2.45) is 0 Å². The van der Waals surface area contributed by atoms with Gasteiger partial charge in [-0.05, 0) is 76.4 Å². The lowest BCUT2D eigenvalue weighted by atomic mass is 9.66. The average molecular weight is 565 g/mol. The van der Waals surface area contributed by atoms with Gasteiger partial charge in [-0.1, -0.05) is 55.0 Å². The minimum absolute atomic E-state index is 0.0245. The molecule has 2 aliphatic heterocycles. The first-order chi connectivity index (χ1) is 20.5. The Hall–Kier alpha value is -4.20. The Balaban J connectivity index is 1.37. The number of aromatic hydroxyl groups is 3. The van der Waals surface area contributed by atoms with Crippen molar-refractivity contribution >= 4 is 0 Å². The van der Waals surface area contributed by atoms with Gasteiger partial charge in [-0.15, -0.1) is 0 Å². The minimum Gasteiger partial charge on any atom is -0.504 e. The van der Waals surface area contributed by atoms with Gasteiger partial charge in [-0.25, -0.2) is 0 Å². The molecule has 2 atom stereocenters. The van der Waals surface area contributed by atoms with Crippen LogP contribution in [0, 0.1) is 0 Å². The van der Waals surface area contributed by atoms with E-state index in [0.717, 1.165) is 52.6 Å². The predicted octanol–water partition coefficient (Wildman–Crippen LogP) is 5.99. The molecule has 42 heavy (non-hydrogen) atoms. The first-order valence-corrected chi connectivity index (χ1v) is 14.7. The van der Waals surface area contributed by atoms with Crippen molar-refractivity contribution in [3.63, 3.8) is 0 Å². The lowest BCUT2D eigenvalue weighted by Gasteiger charge is -2.36. The normalized spacial score (nSPS) is 21.2. The summed E-state index contributed by atoms with van der Waals surface area (Å²) in [4.78, 5) is 0. The number of rotatable bonds is 9. The van der Waals surface area contributed by atoms with Crippen LogP contribution in [0.4, 0.5) is 0 Å². The Morgan fingerprint density at radius 2 is 1.14 bits per heavy atom. The average Bonchev–Trinajstić information content (AvgIpc) is 3.89. The highest BCUT2D eigenvalue weighted by Gasteiger charge is 2.47. The Kier molecular flexibility index (Phi) is 5.88. The maximum Gasteiger partial charge on any atom is 0.203 e. The zero-order valence-electron chi connectivity index (χ0n) is 23.1. The maximum atomic E-state index is 11.6. The molecule has 7 heteroatoms. The van der Waals surface area contributed by atoms with Crippen molar-refractivity contribution in [3.05, 3.63) is 101 Å². The molecule has 214 valence electrons. The maximum absolute atomic E-state index is 11.6. The smallest absolute Gasteiger partial charge is 0.203 e. The fraction of sp³-hybridized carbons (Fsp3) is 0.314. The molecule has 0 radical (unpaired) electrons. The van der Waals surface area contributed by atoms with Crippen molar-refractivity contribution in [2.75, 3.05) is 26.4 Å². The Labute approximate surface area is 243 Å². The molecule has 0 amide bonds. The molecular formula is C35H32O7. The Morgan fingerprint density at radius 1 is 0.667 bits per heavy atom. The molecule has 4 aromatic rings. The van der Waals surface area contributed by atoms with Gasteiger partial charge in [0, 0.05) is 5.56 Å². The second-order valence-electron chi connectivity index (χ2n) is 11.8. The van der Waals surface area contributed by atoms with Gasteiger partial charge in [-0.2, -0.15) is 0 Å². The number of hydrogen-bond donors (Lipinski definition) is 3. The molecule has 2 unspecified atom stereocenters. The number of fused-ring (bicyclic) bond motifs is 3. The topological polar surface area (TPSA) is 104 Å². The first kappa shape index (κ1) is 25.5. The summed E-state index contributed by atoms with van der Waals surface area (Å²) >= 11 is 0. The summed E-state index contributed by atoms with van der Waals surface area (Å²) in [6.07, 6.45) is 3.22. The minimum atomic E-state index is -0.936. The molecule has 4 aromatic carbocycles. The van der Waals surface area contributed by atoms with Crippen molar-refractivity contribution < 1.29 is 34.3 Å².